The van der Waals surface area contributed by atoms with Crippen LogP contribution in [0.25, 0.3) is 106 Å². The average Bonchev–Trinajstić information content (AvgIpc) is 3.68. The van der Waals surface area contributed by atoms with Crippen LogP contribution in [0.1, 0.15) is 0 Å². The number of rotatable bonds is 8. The van der Waals surface area contributed by atoms with Gasteiger partial charge in [0.2, 0.25) is 0 Å². The first-order valence-electron chi connectivity index (χ1n) is 20.6. The molecule has 0 radical (unpaired) electrons. The molecule has 0 saturated heterocycles. The first kappa shape index (κ1) is 35.9. The average molecular weight is 779 g/mol. The van der Waals surface area contributed by atoms with Crippen LogP contribution in [-0.4, -0.2) is 19.5 Å². The quantitative estimate of drug-likeness (QED) is 0.154. The molecule has 286 valence electrons. The molecule has 0 fully saturated rings. The number of hydrogen-bond donors (Lipinski definition) is 0. The lowest BCUT2D eigenvalue weighted by Crippen LogP contribution is -2.01. The van der Waals surface area contributed by atoms with E-state index in [4.69, 9.17) is 15.0 Å². The second kappa shape index (κ2) is 15.5. The third-order valence-electron chi connectivity index (χ3n) is 11.5. The van der Waals surface area contributed by atoms with E-state index >= 15 is 0 Å². The van der Waals surface area contributed by atoms with Gasteiger partial charge >= 0.3 is 0 Å². The van der Waals surface area contributed by atoms with E-state index < -0.39 is 0 Å². The van der Waals surface area contributed by atoms with Gasteiger partial charge < -0.3 is 4.57 Å². The summed E-state index contributed by atoms with van der Waals surface area (Å²) in [6.07, 6.45) is 0. The van der Waals surface area contributed by atoms with Gasteiger partial charge in [0.1, 0.15) is 0 Å². The summed E-state index contributed by atoms with van der Waals surface area (Å²) in [7, 11) is 0. The minimum absolute atomic E-state index is 0.617. The molecule has 0 aliphatic carbocycles. The topological polar surface area (TPSA) is 43.6 Å². The molecule has 0 atom stereocenters. The monoisotopic (exact) mass is 778 g/mol. The normalized spacial score (nSPS) is 11.3. The zero-order valence-corrected chi connectivity index (χ0v) is 33.2. The maximum absolute atomic E-state index is 5.14. The maximum Gasteiger partial charge on any atom is 0.164 e. The first-order chi connectivity index (χ1) is 30.2. The van der Waals surface area contributed by atoms with E-state index in [-0.39, 0.29) is 0 Å². The fourth-order valence-corrected chi connectivity index (χ4v) is 8.37. The van der Waals surface area contributed by atoms with Crippen molar-refractivity contribution in [3.05, 3.63) is 231 Å². The highest BCUT2D eigenvalue weighted by molar-refractivity contribution is 6.10. The molecular formula is C57H38N4. The Morgan fingerprint density at radius 1 is 0.230 bits per heavy atom. The van der Waals surface area contributed by atoms with E-state index in [1.165, 1.54) is 33.0 Å². The van der Waals surface area contributed by atoms with Crippen LogP contribution in [0.3, 0.4) is 0 Å². The highest BCUT2D eigenvalue weighted by atomic mass is 15.0. The zero-order chi connectivity index (χ0) is 40.5. The Morgan fingerprint density at radius 3 is 1.15 bits per heavy atom. The molecule has 4 nitrogen and oxygen atoms in total. The van der Waals surface area contributed by atoms with Crippen molar-refractivity contribution in [2.24, 2.45) is 0 Å². The van der Waals surface area contributed by atoms with Crippen LogP contribution in [0.5, 0.6) is 0 Å². The third-order valence-corrected chi connectivity index (χ3v) is 11.5. The standard InChI is InChI=1S/C57H38N4/c1-4-14-39(15-5-1)45-20-12-21-46(36-45)42-26-28-43(29-27-42)55-58-56(60-57(59-55)49-23-13-22-47(37-49)40-16-6-2-7-17-40)44-30-33-50(34-31-44)61-53-25-11-10-24-51(53)52-38-48(32-35-54(52)61)41-18-8-3-9-19-41/h1-38H. The van der Waals surface area contributed by atoms with Crippen LogP contribution in [0, 0.1) is 0 Å². The largest absolute Gasteiger partial charge is 0.309 e. The number of benzene rings is 9. The van der Waals surface area contributed by atoms with Crippen molar-refractivity contribution < 1.29 is 0 Å². The van der Waals surface area contributed by atoms with Crippen LogP contribution >= 0.6 is 0 Å². The van der Waals surface area contributed by atoms with Crippen LogP contribution in [0.4, 0.5) is 0 Å². The minimum Gasteiger partial charge on any atom is -0.309 e. The smallest absolute Gasteiger partial charge is 0.164 e. The van der Waals surface area contributed by atoms with E-state index in [0.29, 0.717) is 17.5 Å². The summed E-state index contributed by atoms with van der Waals surface area (Å²) in [4.78, 5) is 15.4. The molecule has 0 bridgehead atoms. The van der Waals surface area contributed by atoms with E-state index in [2.05, 4.69) is 223 Å². The van der Waals surface area contributed by atoms with Crippen LogP contribution in [-0.2, 0) is 0 Å². The van der Waals surface area contributed by atoms with E-state index in [9.17, 15) is 0 Å². The summed E-state index contributed by atoms with van der Waals surface area (Å²) in [5, 5.41) is 2.44. The predicted octanol–water partition coefficient (Wildman–Crippen LogP) is 14.6. The Labute approximate surface area is 354 Å². The Kier molecular flexibility index (Phi) is 9.14. The van der Waals surface area contributed by atoms with Crippen molar-refractivity contribution in [2.75, 3.05) is 0 Å². The summed E-state index contributed by atoms with van der Waals surface area (Å²) < 4.78 is 2.35. The second-order valence-electron chi connectivity index (χ2n) is 15.3. The molecular weight excluding hydrogens is 741 g/mol. The molecule has 0 aliphatic rings. The lowest BCUT2D eigenvalue weighted by molar-refractivity contribution is 1.07. The van der Waals surface area contributed by atoms with E-state index in [1.807, 2.05) is 12.1 Å². The number of hydrogen-bond acceptors (Lipinski definition) is 3. The Hall–Kier alpha value is -8.21. The van der Waals surface area contributed by atoms with Crippen molar-refractivity contribution in [2.45, 2.75) is 0 Å². The summed E-state index contributed by atoms with van der Waals surface area (Å²) in [6, 6.07) is 81.1. The summed E-state index contributed by atoms with van der Waals surface area (Å²) in [5.41, 5.74) is 15.5. The summed E-state index contributed by atoms with van der Waals surface area (Å²) in [5.74, 6) is 1.86. The van der Waals surface area contributed by atoms with Gasteiger partial charge in [-0.2, -0.15) is 0 Å². The third kappa shape index (κ3) is 6.96. The summed E-state index contributed by atoms with van der Waals surface area (Å²) in [6.45, 7) is 0. The lowest BCUT2D eigenvalue weighted by Gasteiger charge is -2.12. The summed E-state index contributed by atoms with van der Waals surface area (Å²) >= 11 is 0. The fraction of sp³-hybridized carbons (Fsp3) is 0. The van der Waals surface area contributed by atoms with Crippen molar-refractivity contribution in [3.8, 4) is 84.4 Å². The highest BCUT2D eigenvalue weighted by Crippen LogP contribution is 2.36. The van der Waals surface area contributed by atoms with Crippen LogP contribution in [0.2, 0.25) is 0 Å². The molecule has 11 rings (SSSR count). The molecule has 9 aromatic carbocycles. The molecule has 0 unspecified atom stereocenters. The van der Waals surface area contributed by atoms with Gasteiger partial charge in [-0.05, 0) is 99.1 Å². The highest BCUT2D eigenvalue weighted by Gasteiger charge is 2.16. The molecule has 0 aliphatic heterocycles. The number of nitrogens with zero attached hydrogens (tertiary/aromatic N) is 4. The minimum atomic E-state index is 0.617. The van der Waals surface area contributed by atoms with Gasteiger partial charge in [-0.1, -0.05) is 176 Å². The molecule has 2 aromatic heterocycles. The molecule has 61 heavy (non-hydrogen) atoms. The first-order valence-corrected chi connectivity index (χ1v) is 20.6. The molecule has 0 N–H and O–H groups in total. The van der Waals surface area contributed by atoms with Crippen molar-refractivity contribution in [1.29, 1.82) is 0 Å². The van der Waals surface area contributed by atoms with Crippen LogP contribution in [0.15, 0.2) is 231 Å². The number of para-hydroxylation sites is 1. The molecule has 4 heteroatoms. The molecule has 11 aromatic rings. The molecule has 0 saturated carbocycles. The van der Waals surface area contributed by atoms with E-state index in [0.717, 1.165) is 55.7 Å². The molecule has 0 amide bonds. The van der Waals surface area contributed by atoms with Gasteiger partial charge in [0, 0.05) is 33.2 Å². The van der Waals surface area contributed by atoms with Crippen LogP contribution < -0.4 is 0 Å². The van der Waals surface area contributed by atoms with Gasteiger partial charge in [0.15, 0.2) is 17.5 Å². The zero-order valence-electron chi connectivity index (χ0n) is 33.2. The van der Waals surface area contributed by atoms with Crippen molar-refractivity contribution in [3.63, 3.8) is 0 Å². The van der Waals surface area contributed by atoms with Crippen molar-refractivity contribution in [1.82, 2.24) is 19.5 Å². The fourth-order valence-electron chi connectivity index (χ4n) is 8.37. The van der Waals surface area contributed by atoms with Gasteiger partial charge in [-0.15, -0.1) is 0 Å². The lowest BCUT2D eigenvalue weighted by atomic mass is 9.98. The Bertz CT molecular complexity index is 3320. The van der Waals surface area contributed by atoms with Gasteiger partial charge in [0.05, 0.1) is 11.0 Å². The number of aromatic nitrogens is 4. The second-order valence-corrected chi connectivity index (χ2v) is 15.3. The predicted molar refractivity (Wildman–Crippen MR) is 252 cm³/mol. The van der Waals surface area contributed by atoms with Gasteiger partial charge in [0.25, 0.3) is 0 Å². The van der Waals surface area contributed by atoms with Gasteiger partial charge in [-0.25, -0.2) is 15.0 Å². The molecule has 2 heterocycles. The molecule has 0 spiro atoms. The van der Waals surface area contributed by atoms with E-state index in [1.54, 1.807) is 0 Å². The van der Waals surface area contributed by atoms with Crippen molar-refractivity contribution >= 4 is 21.8 Å². The Balaban J connectivity index is 0.990. The number of fused-ring (bicyclic) bond motifs is 3. The maximum atomic E-state index is 5.14. The Morgan fingerprint density at radius 2 is 0.590 bits per heavy atom. The SMILES string of the molecule is c1ccc(-c2cccc(-c3ccc(-c4nc(-c5ccc(-n6c7ccccc7c7cc(-c8ccccc8)ccc76)cc5)nc(-c5cccc(-c6ccccc6)c5)n4)cc3)c2)cc1. The van der Waals surface area contributed by atoms with Gasteiger partial charge in [-0.3, -0.25) is 0 Å².